The highest BCUT2D eigenvalue weighted by Crippen LogP contribution is 2.21. The van der Waals surface area contributed by atoms with Crippen LogP contribution in [0.2, 0.25) is 10.0 Å². The van der Waals surface area contributed by atoms with Crippen LogP contribution >= 0.6 is 23.2 Å². The molecule has 0 aliphatic rings. The molecule has 2 aromatic rings. The van der Waals surface area contributed by atoms with Gasteiger partial charge in [-0.3, -0.25) is 4.79 Å². The summed E-state index contributed by atoms with van der Waals surface area (Å²) in [5.74, 6) is 0. The highest BCUT2D eigenvalue weighted by molar-refractivity contribution is 6.33. The van der Waals surface area contributed by atoms with Gasteiger partial charge in [-0.25, -0.2) is 0 Å². The van der Waals surface area contributed by atoms with Crippen molar-refractivity contribution in [3.8, 4) is 0 Å². The van der Waals surface area contributed by atoms with E-state index in [1.54, 1.807) is 31.4 Å². The van der Waals surface area contributed by atoms with E-state index in [4.69, 9.17) is 23.2 Å². The maximum Gasteiger partial charge on any atom is 0.250 e. The molecule has 1 aromatic carbocycles. The van der Waals surface area contributed by atoms with E-state index in [1.807, 2.05) is 6.07 Å². The van der Waals surface area contributed by atoms with Gasteiger partial charge in [0.05, 0.1) is 5.69 Å². The fourth-order valence-electron chi connectivity index (χ4n) is 1.57. The summed E-state index contributed by atoms with van der Waals surface area (Å²) < 4.78 is 1.52. The van der Waals surface area contributed by atoms with Crippen molar-refractivity contribution < 1.29 is 0 Å². The van der Waals surface area contributed by atoms with Gasteiger partial charge >= 0.3 is 0 Å². The third-order valence-electron chi connectivity index (χ3n) is 2.58. The van der Waals surface area contributed by atoms with Crippen LogP contribution in [0.3, 0.4) is 0 Å². The number of halogens is 2. The lowest BCUT2D eigenvalue weighted by Gasteiger charge is -2.09. The third kappa shape index (κ3) is 3.06. The van der Waals surface area contributed by atoms with Crippen molar-refractivity contribution in [2.75, 3.05) is 5.32 Å². The first-order chi connectivity index (χ1) is 8.56. The van der Waals surface area contributed by atoms with Crippen LogP contribution in [0.5, 0.6) is 0 Å². The van der Waals surface area contributed by atoms with Gasteiger partial charge in [-0.15, -0.1) is 0 Å². The minimum atomic E-state index is -0.0404. The number of benzene rings is 1. The van der Waals surface area contributed by atoms with Gasteiger partial charge in [0.25, 0.3) is 0 Å². The van der Waals surface area contributed by atoms with Crippen molar-refractivity contribution in [3.05, 3.63) is 62.5 Å². The fourth-order valence-corrected chi connectivity index (χ4v) is 1.95. The van der Waals surface area contributed by atoms with E-state index in [1.165, 1.54) is 10.6 Å². The van der Waals surface area contributed by atoms with Gasteiger partial charge in [0.1, 0.15) is 0 Å². The Morgan fingerprint density at radius 3 is 2.72 bits per heavy atom. The van der Waals surface area contributed by atoms with Gasteiger partial charge in [-0.05, 0) is 29.8 Å². The van der Waals surface area contributed by atoms with Gasteiger partial charge in [-0.2, -0.15) is 0 Å². The summed E-state index contributed by atoms with van der Waals surface area (Å²) in [6.45, 7) is 0.553. The molecule has 1 heterocycles. The maximum atomic E-state index is 11.2. The molecule has 0 amide bonds. The molecule has 0 aliphatic carbocycles. The largest absolute Gasteiger partial charge is 0.380 e. The van der Waals surface area contributed by atoms with Crippen LogP contribution in [0.15, 0.2) is 41.3 Å². The Hall–Kier alpha value is -1.45. The lowest BCUT2D eigenvalue weighted by molar-refractivity contribution is 0.859. The number of hydrogen-bond donors (Lipinski definition) is 1. The first-order valence-corrected chi connectivity index (χ1v) is 6.16. The predicted molar refractivity (Wildman–Crippen MR) is 75.5 cm³/mol. The second kappa shape index (κ2) is 5.46. The topological polar surface area (TPSA) is 34.0 Å². The Morgan fingerprint density at radius 2 is 2.00 bits per heavy atom. The zero-order valence-electron chi connectivity index (χ0n) is 9.78. The lowest BCUT2D eigenvalue weighted by atomic mass is 10.2. The van der Waals surface area contributed by atoms with Crippen molar-refractivity contribution in [2.24, 2.45) is 7.05 Å². The first-order valence-electron chi connectivity index (χ1n) is 5.41. The maximum absolute atomic E-state index is 11.2. The molecule has 3 nitrogen and oxygen atoms in total. The Labute approximate surface area is 115 Å². The molecular weight excluding hydrogens is 271 g/mol. The van der Waals surface area contributed by atoms with Crippen molar-refractivity contribution in [1.82, 2.24) is 4.57 Å². The van der Waals surface area contributed by atoms with E-state index >= 15 is 0 Å². The Bertz CT molecular complexity index is 623. The molecule has 0 bridgehead atoms. The average Bonchev–Trinajstić information content (AvgIpc) is 2.34. The van der Waals surface area contributed by atoms with Crippen molar-refractivity contribution in [2.45, 2.75) is 6.54 Å². The molecule has 2 rings (SSSR count). The molecule has 0 atom stereocenters. The van der Waals surface area contributed by atoms with E-state index in [-0.39, 0.29) is 5.56 Å². The third-order valence-corrected chi connectivity index (χ3v) is 3.18. The van der Waals surface area contributed by atoms with Crippen molar-refractivity contribution >= 4 is 28.9 Å². The molecule has 0 radical (unpaired) electrons. The highest BCUT2D eigenvalue weighted by atomic mass is 35.5. The summed E-state index contributed by atoms with van der Waals surface area (Å²) in [7, 11) is 1.71. The normalized spacial score (nSPS) is 10.4. The summed E-state index contributed by atoms with van der Waals surface area (Å²) in [5, 5.41) is 4.51. The Morgan fingerprint density at radius 1 is 1.22 bits per heavy atom. The van der Waals surface area contributed by atoms with Crippen molar-refractivity contribution in [1.29, 1.82) is 0 Å². The fraction of sp³-hybridized carbons (Fsp3) is 0.154. The van der Waals surface area contributed by atoms with Crippen LogP contribution in [-0.4, -0.2) is 4.57 Å². The van der Waals surface area contributed by atoms with Gasteiger partial charge < -0.3 is 9.88 Å². The number of aryl methyl sites for hydroxylation is 1. The molecule has 0 saturated heterocycles. The van der Waals surface area contributed by atoms with E-state index in [0.29, 0.717) is 16.6 Å². The van der Waals surface area contributed by atoms with E-state index in [2.05, 4.69) is 5.32 Å². The van der Waals surface area contributed by atoms with Crippen LogP contribution in [0.4, 0.5) is 5.69 Å². The molecular formula is C13H12Cl2N2O. The SMILES string of the molecule is Cn1cc(NCc2cc(Cl)ccc2Cl)ccc1=O. The highest BCUT2D eigenvalue weighted by Gasteiger charge is 2.02. The van der Waals surface area contributed by atoms with Gasteiger partial charge in [0.15, 0.2) is 0 Å². The summed E-state index contributed by atoms with van der Waals surface area (Å²) in [6, 6.07) is 8.59. The summed E-state index contributed by atoms with van der Waals surface area (Å²) in [4.78, 5) is 11.2. The zero-order valence-corrected chi connectivity index (χ0v) is 11.3. The van der Waals surface area contributed by atoms with Crippen LogP contribution in [0, 0.1) is 0 Å². The smallest absolute Gasteiger partial charge is 0.250 e. The number of anilines is 1. The van der Waals surface area contributed by atoms with E-state index in [0.717, 1.165) is 11.3 Å². The van der Waals surface area contributed by atoms with E-state index in [9.17, 15) is 4.79 Å². The van der Waals surface area contributed by atoms with Gasteiger partial charge in [0.2, 0.25) is 5.56 Å². The van der Waals surface area contributed by atoms with Gasteiger partial charge in [0, 0.05) is 35.9 Å². The second-order valence-corrected chi connectivity index (χ2v) is 4.80. The van der Waals surface area contributed by atoms with Crippen LogP contribution in [-0.2, 0) is 13.6 Å². The molecule has 5 heteroatoms. The number of rotatable bonds is 3. The summed E-state index contributed by atoms with van der Waals surface area (Å²) in [5.41, 5.74) is 1.73. The van der Waals surface area contributed by atoms with E-state index < -0.39 is 0 Å². The molecule has 0 spiro atoms. The summed E-state index contributed by atoms with van der Waals surface area (Å²) in [6.07, 6.45) is 1.74. The molecule has 94 valence electrons. The molecule has 0 fully saturated rings. The average molecular weight is 283 g/mol. The molecule has 18 heavy (non-hydrogen) atoms. The first kappa shape index (κ1) is 13.0. The monoisotopic (exact) mass is 282 g/mol. The second-order valence-electron chi connectivity index (χ2n) is 3.96. The number of nitrogens with one attached hydrogen (secondary N) is 1. The Kier molecular flexibility index (Phi) is 3.94. The Balaban J connectivity index is 2.13. The lowest BCUT2D eigenvalue weighted by Crippen LogP contribution is -2.15. The molecule has 1 aromatic heterocycles. The number of hydrogen-bond acceptors (Lipinski definition) is 2. The predicted octanol–water partition coefficient (Wildman–Crippen LogP) is 3.30. The van der Waals surface area contributed by atoms with Gasteiger partial charge in [-0.1, -0.05) is 23.2 Å². The molecule has 0 unspecified atom stereocenters. The molecule has 1 N–H and O–H groups in total. The minimum absolute atomic E-state index is 0.0404. The van der Waals surface area contributed by atoms with Crippen LogP contribution in [0.1, 0.15) is 5.56 Å². The minimum Gasteiger partial charge on any atom is -0.380 e. The molecule has 0 aliphatic heterocycles. The van der Waals surface area contributed by atoms with Crippen LogP contribution in [0.25, 0.3) is 0 Å². The number of pyridine rings is 1. The summed E-state index contributed by atoms with van der Waals surface area (Å²) >= 11 is 12.0. The quantitative estimate of drug-likeness (QED) is 0.937. The number of aromatic nitrogens is 1. The van der Waals surface area contributed by atoms with Crippen LogP contribution < -0.4 is 10.9 Å². The standard InChI is InChI=1S/C13H12Cl2N2O/c1-17-8-11(3-5-13(17)18)16-7-9-6-10(14)2-4-12(9)15/h2-6,8,16H,7H2,1H3. The number of nitrogens with zero attached hydrogens (tertiary/aromatic N) is 1. The van der Waals surface area contributed by atoms with Crippen molar-refractivity contribution in [3.63, 3.8) is 0 Å². The zero-order chi connectivity index (χ0) is 13.1. The molecule has 0 saturated carbocycles.